The summed E-state index contributed by atoms with van der Waals surface area (Å²) in [6.07, 6.45) is 0.377. The molecule has 0 aliphatic rings. The van der Waals surface area contributed by atoms with Gasteiger partial charge >= 0.3 is 6.61 Å². The standard InChI is InChI=1S/C19H22F2N2O5S/c1-23(2)29(25,26)15-7-5-14(6-8-15)18(24)22-11-10-13-4-9-16(27-3)17(12-13)28-19(20)21/h4-9,12,19H,10-11H2,1-3H3,(H,22,24). The van der Waals surface area contributed by atoms with E-state index in [0.29, 0.717) is 17.5 Å². The van der Waals surface area contributed by atoms with E-state index in [0.717, 1.165) is 4.31 Å². The van der Waals surface area contributed by atoms with E-state index in [-0.39, 0.29) is 28.8 Å². The first-order valence-electron chi connectivity index (χ1n) is 8.57. The zero-order valence-electron chi connectivity index (χ0n) is 16.2. The fraction of sp³-hybridized carbons (Fsp3) is 0.316. The number of carbonyl (C=O) groups excluding carboxylic acids is 1. The molecule has 1 amide bonds. The maximum Gasteiger partial charge on any atom is 0.387 e. The van der Waals surface area contributed by atoms with Crippen LogP contribution in [0.5, 0.6) is 11.5 Å². The summed E-state index contributed by atoms with van der Waals surface area (Å²) in [4.78, 5) is 12.3. The largest absolute Gasteiger partial charge is 0.493 e. The molecule has 158 valence electrons. The van der Waals surface area contributed by atoms with E-state index in [2.05, 4.69) is 10.1 Å². The van der Waals surface area contributed by atoms with Crippen LogP contribution in [-0.4, -0.2) is 53.0 Å². The number of sulfonamides is 1. The van der Waals surface area contributed by atoms with Gasteiger partial charge in [0.25, 0.3) is 5.91 Å². The topological polar surface area (TPSA) is 84.9 Å². The zero-order valence-corrected chi connectivity index (χ0v) is 17.0. The van der Waals surface area contributed by atoms with Crippen molar-refractivity contribution in [1.29, 1.82) is 0 Å². The molecule has 0 aliphatic heterocycles. The Balaban J connectivity index is 1.98. The average Bonchev–Trinajstić information content (AvgIpc) is 2.67. The third kappa shape index (κ3) is 5.88. The molecule has 7 nitrogen and oxygen atoms in total. The first-order chi connectivity index (χ1) is 13.6. The number of carbonyl (C=O) groups is 1. The fourth-order valence-electron chi connectivity index (χ4n) is 2.48. The lowest BCUT2D eigenvalue weighted by molar-refractivity contribution is -0.0512. The van der Waals surface area contributed by atoms with Gasteiger partial charge in [0.05, 0.1) is 12.0 Å². The Morgan fingerprint density at radius 3 is 2.31 bits per heavy atom. The van der Waals surface area contributed by atoms with Crippen LogP contribution >= 0.6 is 0 Å². The molecule has 0 fully saturated rings. The quantitative estimate of drug-likeness (QED) is 0.664. The molecule has 0 unspecified atom stereocenters. The predicted molar refractivity (Wildman–Crippen MR) is 103 cm³/mol. The zero-order chi connectivity index (χ0) is 21.6. The van der Waals surface area contributed by atoms with Gasteiger partial charge in [-0.25, -0.2) is 12.7 Å². The minimum absolute atomic E-state index is 0.0796. The first-order valence-corrected chi connectivity index (χ1v) is 10.0. The molecule has 0 radical (unpaired) electrons. The third-order valence-corrected chi connectivity index (χ3v) is 5.87. The first kappa shape index (κ1) is 22.6. The van der Waals surface area contributed by atoms with Crippen molar-refractivity contribution >= 4 is 15.9 Å². The van der Waals surface area contributed by atoms with Crippen LogP contribution in [0.3, 0.4) is 0 Å². The molecule has 2 aromatic rings. The molecule has 0 heterocycles. The summed E-state index contributed by atoms with van der Waals surface area (Å²) in [7, 11) is 0.632. The molecule has 0 spiro atoms. The number of benzene rings is 2. The van der Waals surface area contributed by atoms with Gasteiger partial charge in [-0.15, -0.1) is 0 Å². The summed E-state index contributed by atoms with van der Waals surface area (Å²) in [5, 5.41) is 2.70. The van der Waals surface area contributed by atoms with Gasteiger partial charge in [0.1, 0.15) is 0 Å². The molecule has 0 aromatic heterocycles. The van der Waals surface area contributed by atoms with Crippen LogP contribution in [-0.2, 0) is 16.4 Å². The van der Waals surface area contributed by atoms with Crippen molar-refractivity contribution < 1.29 is 31.5 Å². The minimum Gasteiger partial charge on any atom is -0.493 e. The monoisotopic (exact) mass is 428 g/mol. The van der Waals surface area contributed by atoms with Crippen molar-refractivity contribution in [2.24, 2.45) is 0 Å². The molecule has 1 N–H and O–H groups in total. The lowest BCUT2D eigenvalue weighted by Gasteiger charge is -2.12. The second-order valence-corrected chi connectivity index (χ2v) is 8.33. The molecule has 2 aromatic carbocycles. The van der Waals surface area contributed by atoms with Gasteiger partial charge in [0, 0.05) is 26.2 Å². The van der Waals surface area contributed by atoms with Gasteiger partial charge in [-0.2, -0.15) is 8.78 Å². The van der Waals surface area contributed by atoms with Crippen LogP contribution in [0.2, 0.25) is 0 Å². The van der Waals surface area contributed by atoms with Crippen LogP contribution in [0, 0.1) is 0 Å². The summed E-state index contributed by atoms with van der Waals surface area (Å²) in [6, 6.07) is 10.2. The smallest absolute Gasteiger partial charge is 0.387 e. The molecule has 0 saturated heterocycles. The maximum atomic E-state index is 12.5. The van der Waals surface area contributed by atoms with E-state index >= 15 is 0 Å². The number of hydrogen-bond acceptors (Lipinski definition) is 5. The van der Waals surface area contributed by atoms with E-state index < -0.39 is 16.6 Å². The Hall–Kier alpha value is -2.72. The highest BCUT2D eigenvalue weighted by Crippen LogP contribution is 2.29. The van der Waals surface area contributed by atoms with E-state index in [4.69, 9.17) is 4.74 Å². The third-order valence-electron chi connectivity index (χ3n) is 4.04. The Bertz CT molecular complexity index is 948. The Morgan fingerprint density at radius 1 is 1.10 bits per heavy atom. The molecule has 0 atom stereocenters. The summed E-state index contributed by atoms with van der Waals surface area (Å²) < 4.78 is 59.5. The fourth-order valence-corrected chi connectivity index (χ4v) is 3.38. The molecule has 29 heavy (non-hydrogen) atoms. The highest BCUT2D eigenvalue weighted by atomic mass is 32.2. The number of methoxy groups -OCH3 is 1. The van der Waals surface area contributed by atoms with Crippen molar-refractivity contribution in [3.8, 4) is 11.5 Å². The molecule has 0 saturated carbocycles. The van der Waals surface area contributed by atoms with Crippen LogP contribution in [0.15, 0.2) is 47.4 Å². The highest BCUT2D eigenvalue weighted by molar-refractivity contribution is 7.89. The van der Waals surface area contributed by atoms with Crippen molar-refractivity contribution in [3.05, 3.63) is 53.6 Å². The van der Waals surface area contributed by atoms with Crippen molar-refractivity contribution in [3.63, 3.8) is 0 Å². The van der Waals surface area contributed by atoms with E-state index in [1.807, 2.05) is 0 Å². The van der Waals surface area contributed by atoms with Crippen molar-refractivity contribution in [1.82, 2.24) is 9.62 Å². The van der Waals surface area contributed by atoms with E-state index in [9.17, 15) is 22.0 Å². The Kier molecular flexibility index (Phi) is 7.52. The summed E-state index contributed by atoms with van der Waals surface area (Å²) in [5.74, 6) is -0.272. The highest BCUT2D eigenvalue weighted by Gasteiger charge is 2.17. The van der Waals surface area contributed by atoms with Gasteiger partial charge in [0.2, 0.25) is 10.0 Å². The number of alkyl halides is 2. The van der Waals surface area contributed by atoms with Crippen LogP contribution < -0.4 is 14.8 Å². The van der Waals surface area contributed by atoms with E-state index in [1.165, 1.54) is 57.6 Å². The lowest BCUT2D eigenvalue weighted by Crippen LogP contribution is -2.26. The second-order valence-electron chi connectivity index (χ2n) is 6.18. The SMILES string of the molecule is COc1ccc(CCNC(=O)c2ccc(S(=O)(=O)N(C)C)cc2)cc1OC(F)F. The van der Waals surface area contributed by atoms with Crippen LogP contribution in [0.1, 0.15) is 15.9 Å². The predicted octanol–water partition coefficient (Wildman–Crippen LogP) is 2.52. The van der Waals surface area contributed by atoms with Crippen molar-refractivity contribution in [2.75, 3.05) is 27.7 Å². The van der Waals surface area contributed by atoms with Crippen molar-refractivity contribution in [2.45, 2.75) is 17.9 Å². The summed E-state index contributed by atoms with van der Waals surface area (Å²) in [5.41, 5.74) is 0.980. The van der Waals surface area contributed by atoms with E-state index in [1.54, 1.807) is 6.07 Å². The molecule has 10 heteroatoms. The number of hydrogen-bond donors (Lipinski definition) is 1. The summed E-state index contributed by atoms with van der Waals surface area (Å²) in [6.45, 7) is -2.73. The second kappa shape index (κ2) is 9.66. The molecule has 2 rings (SSSR count). The van der Waals surface area contributed by atoms with Crippen LogP contribution in [0.4, 0.5) is 8.78 Å². The number of halogens is 2. The number of rotatable bonds is 9. The van der Waals surface area contributed by atoms with Gasteiger partial charge in [0.15, 0.2) is 11.5 Å². The van der Waals surface area contributed by atoms with Gasteiger partial charge in [-0.05, 0) is 48.4 Å². The Labute approximate surface area is 168 Å². The molecule has 0 aliphatic carbocycles. The Morgan fingerprint density at radius 2 is 1.76 bits per heavy atom. The van der Waals surface area contributed by atoms with Crippen LogP contribution in [0.25, 0.3) is 0 Å². The number of amides is 1. The lowest BCUT2D eigenvalue weighted by atomic mass is 10.1. The van der Waals surface area contributed by atoms with Gasteiger partial charge in [-0.3, -0.25) is 4.79 Å². The number of nitrogens with zero attached hydrogens (tertiary/aromatic N) is 1. The summed E-state index contributed by atoms with van der Waals surface area (Å²) >= 11 is 0. The normalized spacial score (nSPS) is 11.6. The minimum atomic E-state index is -3.56. The maximum absolute atomic E-state index is 12.5. The number of nitrogens with one attached hydrogen (secondary N) is 1. The van der Waals surface area contributed by atoms with Gasteiger partial charge in [-0.1, -0.05) is 6.07 Å². The molecular formula is C19H22F2N2O5S. The molecule has 0 bridgehead atoms. The average molecular weight is 428 g/mol. The molecular weight excluding hydrogens is 406 g/mol. The number of ether oxygens (including phenoxy) is 2. The van der Waals surface area contributed by atoms with Gasteiger partial charge < -0.3 is 14.8 Å².